The predicted molar refractivity (Wildman–Crippen MR) is 91.1 cm³/mol. The van der Waals surface area contributed by atoms with E-state index < -0.39 is 0 Å². The first-order chi connectivity index (χ1) is 10.1. The third kappa shape index (κ3) is 3.16. The molecular weight excluding hydrogens is 284 g/mol. The maximum Gasteiger partial charge on any atom is 0.135 e. The minimum absolute atomic E-state index is 0.676. The molecule has 0 saturated carbocycles. The second-order valence-electron chi connectivity index (χ2n) is 4.86. The molecule has 0 aliphatic heterocycles. The average molecular weight is 303 g/mol. The van der Waals surface area contributed by atoms with Crippen LogP contribution in [0.4, 0.5) is 11.5 Å². The third-order valence-electron chi connectivity index (χ3n) is 3.18. The summed E-state index contributed by atoms with van der Waals surface area (Å²) in [7, 11) is 3.93. The van der Waals surface area contributed by atoms with Crippen molar-refractivity contribution in [1.29, 1.82) is 5.41 Å². The SMILES string of the molecule is CCNc1ncc(N(C)C)c(-c2cccc(Cl)c2)c1C=N. The number of pyridine rings is 1. The standard InChI is InChI=1S/C16H19ClN4/c1-4-19-16-13(9-18)15(14(10-20-16)21(2)3)11-6-5-7-12(17)8-11/h5-10,18H,4H2,1-3H3,(H,19,20). The van der Waals surface area contributed by atoms with Crippen molar-refractivity contribution in [2.24, 2.45) is 0 Å². The molecular formula is C16H19ClN4. The van der Waals surface area contributed by atoms with Crippen LogP contribution in [0.5, 0.6) is 0 Å². The minimum Gasteiger partial charge on any atom is -0.376 e. The first-order valence-corrected chi connectivity index (χ1v) is 7.16. The molecule has 21 heavy (non-hydrogen) atoms. The summed E-state index contributed by atoms with van der Waals surface area (Å²) in [5, 5.41) is 11.7. The predicted octanol–water partition coefficient (Wildman–Crippen LogP) is 3.90. The van der Waals surface area contributed by atoms with Crippen LogP contribution in [0.15, 0.2) is 30.5 Å². The van der Waals surface area contributed by atoms with Crippen LogP contribution in [0, 0.1) is 5.41 Å². The molecule has 0 fully saturated rings. The summed E-state index contributed by atoms with van der Waals surface area (Å²) in [6, 6.07) is 7.67. The number of anilines is 2. The number of hydrogen-bond donors (Lipinski definition) is 2. The first kappa shape index (κ1) is 15.3. The molecule has 110 valence electrons. The maximum absolute atomic E-state index is 7.79. The zero-order valence-electron chi connectivity index (χ0n) is 12.4. The molecule has 4 nitrogen and oxygen atoms in total. The van der Waals surface area contributed by atoms with Gasteiger partial charge >= 0.3 is 0 Å². The van der Waals surface area contributed by atoms with Crippen LogP contribution >= 0.6 is 11.6 Å². The van der Waals surface area contributed by atoms with Crippen molar-refractivity contribution in [2.45, 2.75) is 6.92 Å². The van der Waals surface area contributed by atoms with Gasteiger partial charge in [0.2, 0.25) is 0 Å². The van der Waals surface area contributed by atoms with Crippen LogP contribution in [-0.4, -0.2) is 31.8 Å². The van der Waals surface area contributed by atoms with Gasteiger partial charge in [-0.25, -0.2) is 4.98 Å². The molecule has 2 rings (SSSR count). The fourth-order valence-electron chi connectivity index (χ4n) is 2.25. The van der Waals surface area contributed by atoms with E-state index in [2.05, 4.69) is 10.3 Å². The molecule has 1 aromatic heterocycles. The fraction of sp³-hybridized carbons (Fsp3) is 0.250. The largest absolute Gasteiger partial charge is 0.376 e. The number of nitrogens with one attached hydrogen (secondary N) is 2. The summed E-state index contributed by atoms with van der Waals surface area (Å²) < 4.78 is 0. The molecule has 0 unspecified atom stereocenters. The molecule has 0 aliphatic rings. The van der Waals surface area contributed by atoms with E-state index in [9.17, 15) is 0 Å². The Bertz CT molecular complexity index is 653. The number of halogens is 1. The van der Waals surface area contributed by atoms with Crippen molar-refractivity contribution in [3.8, 4) is 11.1 Å². The van der Waals surface area contributed by atoms with E-state index in [4.69, 9.17) is 17.0 Å². The Kier molecular flexibility index (Phi) is 4.81. The van der Waals surface area contributed by atoms with Crippen molar-refractivity contribution in [3.05, 3.63) is 41.0 Å². The van der Waals surface area contributed by atoms with E-state index in [0.717, 1.165) is 28.9 Å². The molecule has 1 aromatic carbocycles. The lowest BCUT2D eigenvalue weighted by atomic mass is 9.99. The lowest BCUT2D eigenvalue weighted by molar-refractivity contribution is 1.10. The summed E-state index contributed by atoms with van der Waals surface area (Å²) in [5.74, 6) is 0.716. The number of aromatic nitrogens is 1. The quantitative estimate of drug-likeness (QED) is 0.824. The highest BCUT2D eigenvalue weighted by molar-refractivity contribution is 6.30. The van der Waals surface area contributed by atoms with Gasteiger partial charge in [0, 0.05) is 43.0 Å². The van der Waals surface area contributed by atoms with Crippen LogP contribution in [0.25, 0.3) is 11.1 Å². The highest BCUT2D eigenvalue weighted by Crippen LogP contribution is 2.36. The summed E-state index contributed by atoms with van der Waals surface area (Å²) in [5.41, 5.74) is 3.66. The van der Waals surface area contributed by atoms with Gasteiger partial charge in [0.1, 0.15) is 5.82 Å². The normalized spacial score (nSPS) is 10.3. The van der Waals surface area contributed by atoms with Gasteiger partial charge in [-0.15, -0.1) is 0 Å². The number of benzene rings is 1. The highest BCUT2D eigenvalue weighted by Gasteiger charge is 2.16. The summed E-state index contributed by atoms with van der Waals surface area (Å²) in [6.07, 6.45) is 3.16. The van der Waals surface area contributed by atoms with E-state index in [-0.39, 0.29) is 0 Å². The lowest BCUT2D eigenvalue weighted by Crippen LogP contribution is -2.13. The lowest BCUT2D eigenvalue weighted by Gasteiger charge is -2.21. The van der Waals surface area contributed by atoms with Gasteiger partial charge < -0.3 is 15.6 Å². The Morgan fingerprint density at radius 1 is 1.38 bits per heavy atom. The van der Waals surface area contributed by atoms with Gasteiger partial charge in [-0.3, -0.25) is 0 Å². The van der Waals surface area contributed by atoms with Gasteiger partial charge in [0.25, 0.3) is 0 Å². The third-order valence-corrected chi connectivity index (χ3v) is 3.42. The Balaban J connectivity index is 2.75. The molecule has 2 aromatic rings. The first-order valence-electron chi connectivity index (χ1n) is 6.79. The Hall–Kier alpha value is -2.07. The van der Waals surface area contributed by atoms with E-state index in [1.165, 1.54) is 6.21 Å². The number of hydrogen-bond acceptors (Lipinski definition) is 4. The molecule has 0 radical (unpaired) electrons. The monoisotopic (exact) mass is 302 g/mol. The zero-order valence-corrected chi connectivity index (χ0v) is 13.2. The van der Waals surface area contributed by atoms with Crippen molar-refractivity contribution in [3.63, 3.8) is 0 Å². The van der Waals surface area contributed by atoms with Crippen LogP contribution in [0.1, 0.15) is 12.5 Å². The molecule has 0 bridgehead atoms. The van der Waals surface area contributed by atoms with Crippen LogP contribution in [-0.2, 0) is 0 Å². The molecule has 0 atom stereocenters. The van der Waals surface area contributed by atoms with Gasteiger partial charge in [-0.2, -0.15) is 0 Å². The zero-order chi connectivity index (χ0) is 15.4. The summed E-state index contributed by atoms with van der Waals surface area (Å²) >= 11 is 6.12. The van der Waals surface area contributed by atoms with Crippen molar-refractivity contribution in [1.82, 2.24) is 4.98 Å². The topological polar surface area (TPSA) is 52.0 Å². The Labute approximate surface area is 130 Å². The van der Waals surface area contributed by atoms with Gasteiger partial charge in [0.15, 0.2) is 0 Å². The summed E-state index contributed by atoms with van der Waals surface area (Å²) in [4.78, 5) is 6.42. The number of nitrogens with zero attached hydrogens (tertiary/aromatic N) is 2. The van der Waals surface area contributed by atoms with Crippen molar-refractivity contribution >= 4 is 29.3 Å². The Morgan fingerprint density at radius 2 is 2.14 bits per heavy atom. The Morgan fingerprint density at radius 3 is 2.71 bits per heavy atom. The fourth-order valence-corrected chi connectivity index (χ4v) is 2.44. The molecule has 1 heterocycles. The van der Waals surface area contributed by atoms with Gasteiger partial charge in [-0.1, -0.05) is 23.7 Å². The van der Waals surface area contributed by atoms with Crippen LogP contribution in [0.3, 0.4) is 0 Å². The minimum atomic E-state index is 0.676. The highest BCUT2D eigenvalue weighted by atomic mass is 35.5. The van der Waals surface area contributed by atoms with Crippen LogP contribution in [0.2, 0.25) is 5.02 Å². The van der Waals surface area contributed by atoms with Gasteiger partial charge in [0.05, 0.1) is 11.9 Å². The molecule has 0 amide bonds. The number of rotatable bonds is 5. The van der Waals surface area contributed by atoms with Crippen LogP contribution < -0.4 is 10.2 Å². The van der Waals surface area contributed by atoms with E-state index >= 15 is 0 Å². The van der Waals surface area contributed by atoms with Crippen molar-refractivity contribution in [2.75, 3.05) is 30.9 Å². The second kappa shape index (κ2) is 6.59. The molecule has 2 N–H and O–H groups in total. The summed E-state index contributed by atoms with van der Waals surface area (Å²) in [6.45, 7) is 2.76. The van der Waals surface area contributed by atoms with Crippen molar-refractivity contribution < 1.29 is 0 Å². The van der Waals surface area contributed by atoms with E-state index in [1.54, 1.807) is 0 Å². The van der Waals surface area contributed by atoms with E-state index in [0.29, 0.717) is 10.8 Å². The maximum atomic E-state index is 7.79. The molecule has 5 heteroatoms. The second-order valence-corrected chi connectivity index (χ2v) is 5.30. The average Bonchev–Trinajstić information content (AvgIpc) is 2.46. The van der Waals surface area contributed by atoms with Gasteiger partial charge in [-0.05, 0) is 24.6 Å². The smallest absolute Gasteiger partial charge is 0.135 e. The van der Waals surface area contributed by atoms with E-state index in [1.807, 2.05) is 56.4 Å². The molecule has 0 aliphatic carbocycles. The molecule has 0 spiro atoms. The molecule has 0 saturated heterocycles.